The molecule has 2 amide bonds. The molecule has 29 heavy (non-hydrogen) atoms. The number of amides is 2. The molecule has 152 valence electrons. The van der Waals surface area contributed by atoms with Gasteiger partial charge in [-0.2, -0.15) is 0 Å². The highest BCUT2D eigenvalue weighted by Crippen LogP contribution is 2.19. The van der Waals surface area contributed by atoms with Gasteiger partial charge in [-0.1, -0.05) is 0 Å². The van der Waals surface area contributed by atoms with Crippen molar-refractivity contribution in [3.63, 3.8) is 0 Å². The molecule has 0 radical (unpaired) electrons. The highest BCUT2D eigenvalue weighted by molar-refractivity contribution is 5.95. The van der Waals surface area contributed by atoms with Crippen LogP contribution in [0.4, 0.5) is 15.8 Å². The average molecular weight is 401 g/mol. The van der Waals surface area contributed by atoms with Crippen molar-refractivity contribution in [2.24, 2.45) is 0 Å². The van der Waals surface area contributed by atoms with Gasteiger partial charge in [-0.15, -0.1) is 0 Å². The fourth-order valence-electron chi connectivity index (χ4n) is 3.34. The van der Waals surface area contributed by atoms with Gasteiger partial charge in [0.25, 0.3) is 17.5 Å². The zero-order valence-electron chi connectivity index (χ0n) is 16.0. The number of piperazine rings is 1. The summed E-state index contributed by atoms with van der Waals surface area (Å²) in [6.45, 7) is 4.10. The highest BCUT2D eigenvalue weighted by atomic mass is 19.1. The Labute approximate surface area is 167 Å². The number of anilines is 1. The molecule has 0 unspecified atom stereocenters. The Kier molecular flexibility index (Phi) is 6.18. The quantitative estimate of drug-likeness (QED) is 0.578. The monoisotopic (exact) mass is 401 g/mol. The van der Waals surface area contributed by atoms with E-state index in [1.54, 1.807) is 11.8 Å². The summed E-state index contributed by atoms with van der Waals surface area (Å²) in [5, 5.41) is 13.7. The molecule has 1 aliphatic rings. The number of carbonyl (C=O) groups excluding carboxylic acids is 2. The Morgan fingerprint density at radius 1 is 1.17 bits per heavy atom. The van der Waals surface area contributed by atoms with Crippen molar-refractivity contribution in [1.29, 1.82) is 0 Å². The Hall–Kier alpha value is -3.33. The first-order valence-electron chi connectivity index (χ1n) is 9.27. The second-order valence-corrected chi connectivity index (χ2v) is 7.03. The lowest BCUT2D eigenvalue weighted by atomic mass is 10.1. The molecule has 1 saturated heterocycles. The van der Waals surface area contributed by atoms with E-state index in [1.807, 2.05) is 0 Å². The maximum atomic E-state index is 12.9. The fraction of sp³-hybridized carbons (Fsp3) is 0.300. The standard InChI is InChI=1S/C20H21FN4O4/c1-14-12-15(2-7-18(14)25(28)29)20(27)24-10-8-23(9-11-24)13-19(26)22-17-5-3-16(21)4-6-17/h2-7,12H,8-11,13H2,1H3,(H,22,26)/p+1. The summed E-state index contributed by atoms with van der Waals surface area (Å²) < 4.78 is 12.9. The fourth-order valence-corrected chi connectivity index (χ4v) is 3.34. The predicted octanol–water partition coefficient (Wildman–Crippen LogP) is 1.02. The third kappa shape index (κ3) is 5.14. The summed E-state index contributed by atoms with van der Waals surface area (Å²) in [7, 11) is 0. The molecule has 1 heterocycles. The number of hydrogen-bond donors (Lipinski definition) is 2. The minimum absolute atomic E-state index is 0.0111. The van der Waals surface area contributed by atoms with E-state index in [-0.39, 0.29) is 29.9 Å². The van der Waals surface area contributed by atoms with E-state index in [2.05, 4.69) is 5.32 Å². The largest absolute Gasteiger partial charge is 0.327 e. The van der Waals surface area contributed by atoms with Crippen molar-refractivity contribution in [3.8, 4) is 0 Å². The molecule has 3 rings (SSSR count). The highest BCUT2D eigenvalue weighted by Gasteiger charge is 2.26. The molecule has 0 saturated carbocycles. The van der Waals surface area contributed by atoms with Crippen LogP contribution in [0.5, 0.6) is 0 Å². The molecule has 0 aliphatic carbocycles. The molecular formula is C20H22FN4O4+. The van der Waals surface area contributed by atoms with Crippen molar-refractivity contribution >= 4 is 23.2 Å². The van der Waals surface area contributed by atoms with Crippen molar-refractivity contribution < 1.29 is 23.8 Å². The van der Waals surface area contributed by atoms with Gasteiger partial charge in [-0.3, -0.25) is 19.7 Å². The molecule has 2 aromatic carbocycles. The number of benzene rings is 2. The van der Waals surface area contributed by atoms with Crippen LogP contribution in [0.3, 0.4) is 0 Å². The van der Waals surface area contributed by atoms with Gasteiger partial charge < -0.3 is 15.1 Å². The van der Waals surface area contributed by atoms with E-state index >= 15 is 0 Å². The Morgan fingerprint density at radius 3 is 2.41 bits per heavy atom. The molecule has 2 N–H and O–H groups in total. The molecular weight excluding hydrogens is 379 g/mol. The molecule has 1 fully saturated rings. The number of carbonyl (C=O) groups is 2. The van der Waals surface area contributed by atoms with Gasteiger partial charge in [0.15, 0.2) is 6.54 Å². The van der Waals surface area contributed by atoms with Crippen LogP contribution in [0.2, 0.25) is 0 Å². The number of quaternary nitrogens is 1. The number of nitrogens with one attached hydrogen (secondary N) is 2. The van der Waals surface area contributed by atoms with Crippen molar-refractivity contribution in [1.82, 2.24) is 4.90 Å². The van der Waals surface area contributed by atoms with Crippen molar-refractivity contribution in [3.05, 3.63) is 69.5 Å². The van der Waals surface area contributed by atoms with Crippen LogP contribution < -0.4 is 10.2 Å². The van der Waals surface area contributed by atoms with Crippen molar-refractivity contribution in [2.45, 2.75) is 6.92 Å². The third-order valence-electron chi connectivity index (χ3n) is 4.94. The Balaban J connectivity index is 1.51. The van der Waals surface area contributed by atoms with E-state index in [1.165, 1.54) is 42.5 Å². The second kappa shape index (κ2) is 8.78. The summed E-state index contributed by atoms with van der Waals surface area (Å²) in [4.78, 5) is 38.0. The number of nitro benzene ring substituents is 1. The summed E-state index contributed by atoms with van der Waals surface area (Å²) in [5.41, 5.74) is 1.40. The first-order valence-corrected chi connectivity index (χ1v) is 9.27. The van der Waals surface area contributed by atoms with Crippen LogP contribution in [0, 0.1) is 22.9 Å². The molecule has 0 aromatic heterocycles. The molecule has 1 aliphatic heterocycles. The number of nitro groups is 1. The number of rotatable bonds is 5. The first-order chi connectivity index (χ1) is 13.8. The Bertz CT molecular complexity index is 925. The smallest absolute Gasteiger partial charge is 0.279 e. The normalized spacial score (nSPS) is 14.5. The molecule has 2 aromatic rings. The van der Waals surface area contributed by atoms with E-state index < -0.39 is 4.92 Å². The maximum Gasteiger partial charge on any atom is 0.279 e. The van der Waals surface area contributed by atoms with Gasteiger partial charge in [0.2, 0.25) is 0 Å². The number of halogens is 1. The summed E-state index contributed by atoms with van der Waals surface area (Å²) in [6, 6.07) is 9.94. The minimum atomic E-state index is -0.470. The average Bonchev–Trinajstić information content (AvgIpc) is 2.69. The van der Waals surface area contributed by atoms with Crippen molar-refractivity contribution in [2.75, 3.05) is 38.0 Å². The molecule has 0 atom stereocenters. The maximum absolute atomic E-state index is 12.9. The van der Waals surface area contributed by atoms with Crippen LogP contribution in [0.15, 0.2) is 42.5 Å². The first kappa shape index (κ1) is 20.4. The van der Waals surface area contributed by atoms with E-state index in [9.17, 15) is 24.1 Å². The van der Waals surface area contributed by atoms with Crippen LogP contribution in [0.25, 0.3) is 0 Å². The van der Waals surface area contributed by atoms with E-state index in [0.29, 0.717) is 43.0 Å². The van der Waals surface area contributed by atoms with Gasteiger partial charge in [-0.05, 0) is 43.3 Å². The molecule has 0 spiro atoms. The van der Waals surface area contributed by atoms with Gasteiger partial charge >= 0.3 is 0 Å². The van der Waals surface area contributed by atoms with Crippen LogP contribution >= 0.6 is 0 Å². The summed E-state index contributed by atoms with van der Waals surface area (Å²) in [6.07, 6.45) is 0. The lowest BCUT2D eigenvalue weighted by molar-refractivity contribution is -0.895. The third-order valence-corrected chi connectivity index (χ3v) is 4.94. The van der Waals surface area contributed by atoms with Crippen LogP contribution in [0.1, 0.15) is 15.9 Å². The molecule has 9 heteroatoms. The predicted molar refractivity (Wildman–Crippen MR) is 104 cm³/mol. The van der Waals surface area contributed by atoms with Gasteiger partial charge in [0, 0.05) is 22.9 Å². The van der Waals surface area contributed by atoms with E-state index in [0.717, 1.165) is 4.90 Å². The Morgan fingerprint density at radius 2 is 1.83 bits per heavy atom. The zero-order valence-corrected chi connectivity index (χ0v) is 16.0. The number of aryl methyl sites for hydroxylation is 1. The lowest BCUT2D eigenvalue weighted by Gasteiger charge is -2.32. The summed E-state index contributed by atoms with van der Waals surface area (Å²) >= 11 is 0. The number of nitrogens with zero attached hydrogens (tertiary/aromatic N) is 2. The van der Waals surface area contributed by atoms with Crippen LogP contribution in [-0.4, -0.2) is 54.4 Å². The molecule has 8 nitrogen and oxygen atoms in total. The van der Waals surface area contributed by atoms with Gasteiger partial charge in [0.1, 0.15) is 5.82 Å². The number of hydrogen-bond acceptors (Lipinski definition) is 4. The van der Waals surface area contributed by atoms with Gasteiger partial charge in [-0.25, -0.2) is 4.39 Å². The SMILES string of the molecule is Cc1cc(C(=O)N2CC[NH+](CC(=O)Nc3ccc(F)cc3)CC2)ccc1[N+](=O)[O-]. The minimum Gasteiger partial charge on any atom is -0.327 e. The van der Waals surface area contributed by atoms with Gasteiger partial charge in [0.05, 0.1) is 31.1 Å². The molecule has 0 bridgehead atoms. The zero-order chi connectivity index (χ0) is 21.0. The summed E-state index contributed by atoms with van der Waals surface area (Å²) in [5.74, 6) is -0.701. The van der Waals surface area contributed by atoms with E-state index in [4.69, 9.17) is 0 Å². The topological polar surface area (TPSA) is 97.0 Å². The second-order valence-electron chi connectivity index (χ2n) is 7.03. The van der Waals surface area contributed by atoms with Crippen LogP contribution in [-0.2, 0) is 4.79 Å². The lowest BCUT2D eigenvalue weighted by Crippen LogP contribution is -3.15.